The van der Waals surface area contributed by atoms with Crippen molar-refractivity contribution in [3.8, 4) is 5.75 Å². The molecule has 17 heavy (non-hydrogen) atoms. The molecule has 2 rings (SSSR count). The number of hydrogen-bond acceptors (Lipinski definition) is 3. The van der Waals surface area contributed by atoms with E-state index >= 15 is 0 Å². The Morgan fingerprint density at radius 3 is 2.59 bits per heavy atom. The molecule has 0 saturated heterocycles. The molecule has 1 aliphatic rings. The summed E-state index contributed by atoms with van der Waals surface area (Å²) in [5.41, 5.74) is 1.30. The average Bonchev–Trinajstić information content (AvgIpc) is 2.68. The molecule has 1 aromatic carbocycles. The van der Waals surface area contributed by atoms with Gasteiger partial charge in [0.15, 0.2) is 6.17 Å². The molecule has 0 saturated carbocycles. The zero-order valence-corrected chi connectivity index (χ0v) is 10.8. The van der Waals surface area contributed by atoms with E-state index in [9.17, 15) is 0 Å². The Morgan fingerprint density at radius 1 is 1.35 bits per heavy atom. The summed E-state index contributed by atoms with van der Waals surface area (Å²) in [5.74, 6) is 0.851. The van der Waals surface area contributed by atoms with Crippen molar-refractivity contribution in [1.29, 1.82) is 0 Å². The number of hydrogen-bond donors (Lipinski definition) is 0. The average molecular weight is 249 g/mol. The number of rotatable bonds is 4. The number of nitrogens with zero attached hydrogens (tertiary/aromatic N) is 3. The van der Waals surface area contributed by atoms with E-state index in [4.69, 9.17) is 17.0 Å². The van der Waals surface area contributed by atoms with E-state index in [0.29, 0.717) is 11.7 Å². The molecule has 5 heteroatoms. The number of thiocarbonyl (C=S) groups is 1. The highest BCUT2D eigenvalue weighted by molar-refractivity contribution is 7.80. The van der Waals surface area contributed by atoms with E-state index in [1.807, 2.05) is 24.1 Å². The molecule has 4 nitrogen and oxygen atoms in total. The van der Waals surface area contributed by atoms with Gasteiger partial charge in [-0.15, -0.1) is 5.11 Å². The van der Waals surface area contributed by atoms with Gasteiger partial charge in [-0.05, 0) is 36.3 Å². The lowest BCUT2D eigenvalue weighted by Gasteiger charge is -2.17. The fraction of sp³-hybridized carbons (Fsp3) is 0.417. The van der Waals surface area contributed by atoms with Gasteiger partial charge in [-0.2, -0.15) is 5.11 Å². The molecule has 0 fully saturated rings. The third-order valence-corrected chi connectivity index (χ3v) is 3.13. The molecular weight excluding hydrogens is 234 g/mol. The Balaban J connectivity index is 1.89. The van der Waals surface area contributed by atoms with Gasteiger partial charge in [0.2, 0.25) is 5.11 Å². The molecule has 0 bridgehead atoms. The lowest BCUT2D eigenvalue weighted by atomic mass is 10.2. The van der Waals surface area contributed by atoms with Crippen LogP contribution in [0.3, 0.4) is 0 Å². The van der Waals surface area contributed by atoms with Crippen LogP contribution in [0.4, 0.5) is 0 Å². The second-order valence-electron chi connectivity index (χ2n) is 3.90. The highest BCUT2D eigenvalue weighted by atomic mass is 32.1. The molecule has 0 aliphatic carbocycles. The normalized spacial score (nSPS) is 18.8. The van der Waals surface area contributed by atoms with Gasteiger partial charge in [-0.1, -0.05) is 19.1 Å². The quantitative estimate of drug-likeness (QED) is 0.770. The van der Waals surface area contributed by atoms with E-state index < -0.39 is 0 Å². The van der Waals surface area contributed by atoms with Gasteiger partial charge in [0.1, 0.15) is 12.4 Å². The number of azo groups is 1. The van der Waals surface area contributed by atoms with Crippen molar-refractivity contribution in [2.45, 2.75) is 19.5 Å². The SMILES string of the molecule is CCc1ccc(OCC2N=NC(=S)N2C)cc1. The number of benzene rings is 1. The van der Waals surface area contributed by atoms with Crippen LogP contribution in [0.15, 0.2) is 34.5 Å². The Hall–Kier alpha value is -1.49. The topological polar surface area (TPSA) is 37.2 Å². The van der Waals surface area contributed by atoms with E-state index in [-0.39, 0.29) is 6.17 Å². The van der Waals surface area contributed by atoms with Gasteiger partial charge in [0, 0.05) is 7.05 Å². The van der Waals surface area contributed by atoms with Crippen LogP contribution in [0.5, 0.6) is 5.75 Å². The Morgan fingerprint density at radius 2 is 2.06 bits per heavy atom. The molecule has 0 spiro atoms. The summed E-state index contributed by atoms with van der Waals surface area (Å²) in [7, 11) is 1.87. The van der Waals surface area contributed by atoms with Crippen LogP contribution < -0.4 is 4.74 Å². The lowest BCUT2D eigenvalue weighted by molar-refractivity contribution is 0.229. The van der Waals surface area contributed by atoms with E-state index in [0.717, 1.165) is 12.2 Å². The maximum absolute atomic E-state index is 5.65. The summed E-state index contributed by atoms with van der Waals surface area (Å²) in [4.78, 5) is 1.83. The van der Waals surface area contributed by atoms with Crippen LogP contribution in [-0.2, 0) is 6.42 Å². The molecular formula is C12H15N3OS. The Kier molecular flexibility index (Phi) is 3.68. The fourth-order valence-electron chi connectivity index (χ4n) is 1.53. The van der Waals surface area contributed by atoms with E-state index in [1.54, 1.807) is 0 Å². The first kappa shape index (κ1) is 12.0. The third kappa shape index (κ3) is 2.79. The summed E-state index contributed by atoms with van der Waals surface area (Å²) in [6.45, 7) is 2.59. The summed E-state index contributed by atoms with van der Waals surface area (Å²) < 4.78 is 5.65. The monoisotopic (exact) mass is 249 g/mol. The van der Waals surface area contributed by atoms with Crippen molar-refractivity contribution in [3.63, 3.8) is 0 Å². The second-order valence-corrected chi connectivity index (χ2v) is 4.26. The predicted octanol–water partition coefficient (Wildman–Crippen LogP) is 2.64. The smallest absolute Gasteiger partial charge is 0.217 e. The van der Waals surface area contributed by atoms with Gasteiger partial charge in [-0.3, -0.25) is 0 Å². The summed E-state index contributed by atoms with van der Waals surface area (Å²) in [6, 6.07) is 8.09. The molecule has 1 unspecified atom stereocenters. The van der Waals surface area contributed by atoms with Gasteiger partial charge in [-0.25, -0.2) is 0 Å². The van der Waals surface area contributed by atoms with Crippen LogP contribution in [0, 0.1) is 0 Å². The lowest BCUT2D eigenvalue weighted by Crippen LogP contribution is -2.33. The van der Waals surface area contributed by atoms with E-state index in [1.165, 1.54) is 5.56 Å². The zero-order valence-electron chi connectivity index (χ0n) is 9.96. The number of ether oxygens (including phenoxy) is 1. The first-order valence-corrected chi connectivity index (χ1v) is 6.01. The molecule has 1 heterocycles. The highest BCUT2D eigenvalue weighted by Gasteiger charge is 2.22. The minimum absolute atomic E-state index is 0.103. The first-order valence-electron chi connectivity index (χ1n) is 5.60. The van der Waals surface area contributed by atoms with Crippen LogP contribution in [0.2, 0.25) is 0 Å². The predicted molar refractivity (Wildman–Crippen MR) is 70.3 cm³/mol. The third-order valence-electron chi connectivity index (χ3n) is 2.76. The van der Waals surface area contributed by atoms with Crippen LogP contribution in [-0.4, -0.2) is 29.8 Å². The minimum Gasteiger partial charge on any atom is -0.489 e. The summed E-state index contributed by atoms with van der Waals surface area (Å²) in [5, 5.41) is 8.39. The van der Waals surface area contributed by atoms with Gasteiger partial charge >= 0.3 is 0 Å². The van der Waals surface area contributed by atoms with Crippen molar-refractivity contribution in [1.82, 2.24) is 4.90 Å². The maximum atomic E-state index is 5.65. The molecule has 0 N–H and O–H groups in total. The summed E-state index contributed by atoms with van der Waals surface area (Å²) in [6.07, 6.45) is 0.932. The molecule has 0 aromatic heterocycles. The van der Waals surface area contributed by atoms with Gasteiger partial charge < -0.3 is 9.64 Å². The van der Waals surface area contributed by atoms with Crippen molar-refractivity contribution in [2.24, 2.45) is 10.2 Å². The van der Waals surface area contributed by atoms with Crippen LogP contribution >= 0.6 is 12.2 Å². The number of likely N-dealkylation sites (N-methyl/N-ethyl adjacent to an activating group) is 1. The van der Waals surface area contributed by atoms with Gasteiger partial charge in [0.05, 0.1) is 0 Å². The molecule has 0 amide bonds. The zero-order chi connectivity index (χ0) is 12.3. The number of aryl methyl sites for hydroxylation is 1. The molecule has 0 radical (unpaired) electrons. The van der Waals surface area contributed by atoms with Crippen molar-refractivity contribution >= 4 is 17.3 Å². The Labute approximate surface area is 106 Å². The highest BCUT2D eigenvalue weighted by Crippen LogP contribution is 2.16. The van der Waals surface area contributed by atoms with Crippen molar-refractivity contribution in [3.05, 3.63) is 29.8 Å². The first-order chi connectivity index (χ1) is 8.20. The molecule has 1 aliphatic heterocycles. The van der Waals surface area contributed by atoms with Crippen LogP contribution in [0.1, 0.15) is 12.5 Å². The van der Waals surface area contributed by atoms with Crippen LogP contribution in [0.25, 0.3) is 0 Å². The Bertz CT molecular complexity index is 430. The van der Waals surface area contributed by atoms with Crippen molar-refractivity contribution < 1.29 is 4.74 Å². The fourth-order valence-corrected chi connectivity index (χ4v) is 1.70. The molecule has 1 atom stereocenters. The van der Waals surface area contributed by atoms with Crippen molar-refractivity contribution in [2.75, 3.05) is 13.7 Å². The molecule has 90 valence electrons. The largest absolute Gasteiger partial charge is 0.489 e. The minimum atomic E-state index is -0.103. The van der Waals surface area contributed by atoms with Gasteiger partial charge in [0.25, 0.3) is 0 Å². The summed E-state index contributed by atoms with van der Waals surface area (Å²) >= 11 is 4.99. The molecule has 1 aromatic rings. The van der Waals surface area contributed by atoms with E-state index in [2.05, 4.69) is 29.3 Å². The standard InChI is InChI=1S/C12H15N3OS/c1-3-9-4-6-10(7-5-9)16-8-11-13-14-12(17)15(11)2/h4-7,11H,3,8H2,1-2H3. The maximum Gasteiger partial charge on any atom is 0.217 e. The second kappa shape index (κ2) is 5.23.